The Labute approximate surface area is 53.4 Å². The first-order chi connectivity index (χ1) is 4.43. The average molecular weight is 121 g/mol. The van der Waals surface area contributed by atoms with Crippen LogP contribution in [0.2, 0.25) is 0 Å². The van der Waals surface area contributed by atoms with Gasteiger partial charge < -0.3 is 9.64 Å². The van der Waals surface area contributed by atoms with E-state index in [9.17, 15) is 0 Å². The average Bonchev–Trinajstić information content (AvgIpc) is 2.40. The van der Waals surface area contributed by atoms with E-state index in [1.54, 1.807) is 0 Å². The molecule has 0 unspecified atom stereocenters. The second-order valence-electron chi connectivity index (χ2n) is 2.74. The van der Waals surface area contributed by atoms with Gasteiger partial charge in [0.15, 0.2) is 0 Å². The predicted octanol–water partition coefficient (Wildman–Crippen LogP) is 0.482. The fourth-order valence-corrected chi connectivity index (χ4v) is 1.75. The van der Waals surface area contributed by atoms with Gasteiger partial charge in [-0.2, -0.15) is 0 Å². The Hall–Kier alpha value is -0.760. The molecule has 2 heterocycles. The van der Waals surface area contributed by atoms with Crippen molar-refractivity contribution in [3.05, 3.63) is 23.9 Å². The van der Waals surface area contributed by atoms with Crippen molar-refractivity contribution in [2.75, 3.05) is 13.3 Å². The normalized spacial score (nSPS) is 42.7. The SMILES string of the molecule is C1=C[C@]23COCN2C3=C1. The Morgan fingerprint density at radius 1 is 1.67 bits per heavy atom. The minimum Gasteiger partial charge on any atom is -0.358 e. The van der Waals surface area contributed by atoms with E-state index in [-0.39, 0.29) is 5.54 Å². The highest BCUT2D eigenvalue weighted by Crippen LogP contribution is 2.52. The molecule has 0 bridgehead atoms. The molecule has 0 N–H and O–H groups in total. The molecule has 3 aliphatic rings. The molecular weight excluding hydrogens is 114 g/mol. The van der Waals surface area contributed by atoms with Gasteiger partial charge in [0.05, 0.1) is 6.61 Å². The van der Waals surface area contributed by atoms with Gasteiger partial charge in [0.2, 0.25) is 0 Å². The summed E-state index contributed by atoms with van der Waals surface area (Å²) in [6.07, 6.45) is 6.50. The second-order valence-corrected chi connectivity index (χ2v) is 2.74. The van der Waals surface area contributed by atoms with Gasteiger partial charge in [-0.05, 0) is 6.08 Å². The number of ether oxygens (including phenoxy) is 1. The Bertz CT molecular complexity index is 231. The largest absolute Gasteiger partial charge is 0.358 e. The Kier molecular flexibility index (Phi) is 0.434. The third kappa shape index (κ3) is 0.268. The van der Waals surface area contributed by atoms with Gasteiger partial charge in [-0.1, -0.05) is 12.2 Å². The molecule has 3 rings (SSSR count). The number of hydrogen-bond acceptors (Lipinski definition) is 2. The number of nitrogens with zero attached hydrogens (tertiary/aromatic N) is 1. The molecule has 2 saturated heterocycles. The highest BCUT2D eigenvalue weighted by molar-refractivity contribution is 5.53. The van der Waals surface area contributed by atoms with E-state index in [0.29, 0.717) is 0 Å². The van der Waals surface area contributed by atoms with Gasteiger partial charge in [0.1, 0.15) is 12.3 Å². The first-order valence-corrected chi connectivity index (χ1v) is 3.19. The molecule has 46 valence electrons. The second kappa shape index (κ2) is 0.948. The van der Waals surface area contributed by atoms with Crippen LogP contribution in [-0.4, -0.2) is 23.8 Å². The van der Waals surface area contributed by atoms with Crippen LogP contribution in [0.3, 0.4) is 0 Å². The molecule has 1 spiro atoms. The van der Waals surface area contributed by atoms with Crippen molar-refractivity contribution in [2.45, 2.75) is 5.54 Å². The van der Waals surface area contributed by atoms with Crippen LogP contribution >= 0.6 is 0 Å². The molecule has 2 heteroatoms. The summed E-state index contributed by atoms with van der Waals surface area (Å²) >= 11 is 0. The van der Waals surface area contributed by atoms with E-state index in [1.807, 2.05) is 0 Å². The number of fused-ring (bicyclic) bond motifs is 1. The van der Waals surface area contributed by atoms with Gasteiger partial charge in [-0.3, -0.25) is 0 Å². The van der Waals surface area contributed by atoms with Crippen molar-refractivity contribution < 1.29 is 4.74 Å². The molecule has 0 aromatic carbocycles. The van der Waals surface area contributed by atoms with Gasteiger partial charge in [-0.15, -0.1) is 0 Å². The van der Waals surface area contributed by atoms with Crippen molar-refractivity contribution >= 4 is 0 Å². The highest BCUT2D eigenvalue weighted by atomic mass is 16.5. The van der Waals surface area contributed by atoms with E-state index in [0.717, 1.165) is 13.3 Å². The van der Waals surface area contributed by atoms with Crippen LogP contribution < -0.4 is 0 Å². The van der Waals surface area contributed by atoms with E-state index >= 15 is 0 Å². The number of hydrogen-bond donors (Lipinski definition) is 0. The monoisotopic (exact) mass is 121 g/mol. The van der Waals surface area contributed by atoms with Crippen molar-refractivity contribution in [3.8, 4) is 0 Å². The van der Waals surface area contributed by atoms with E-state index in [4.69, 9.17) is 4.74 Å². The van der Waals surface area contributed by atoms with E-state index in [2.05, 4.69) is 23.1 Å². The molecule has 9 heavy (non-hydrogen) atoms. The summed E-state index contributed by atoms with van der Waals surface area (Å²) in [5, 5.41) is 0. The van der Waals surface area contributed by atoms with Crippen LogP contribution in [-0.2, 0) is 4.74 Å². The van der Waals surface area contributed by atoms with Gasteiger partial charge >= 0.3 is 0 Å². The first-order valence-electron chi connectivity index (χ1n) is 3.19. The fourth-order valence-electron chi connectivity index (χ4n) is 1.75. The summed E-state index contributed by atoms with van der Waals surface area (Å²) in [4.78, 5) is 2.28. The molecule has 0 aromatic rings. The summed E-state index contributed by atoms with van der Waals surface area (Å²) in [5.41, 5.74) is 1.72. The maximum Gasteiger partial charge on any atom is 0.124 e. The molecule has 1 atom stereocenters. The third-order valence-corrected chi connectivity index (χ3v) is 2.33. The molecule has 2 nitrogen and oxygen atoms in total. The van der Waals surface area contributed by atoms with Crippen LogP contribution in [0.1, 0.15) is 0 Å². The lowest BCUT2D eigenvalue weighted by Crippen LogP contribution is -2.10. The molecule has 0 amide bonds. The highest BCUT2D eigenvalue weighted by Gasteiger charge is 2.61. The van der Waals surface area contributed by atoms with Gasteiger partial charge in [-0.25, -0.2) is 0 Å². The third-order valence-electron chi connectivity index (χ3n) is 2.33. The summed E-state index contributed by atoms with van der Waals surface area (Å²) in [7, 11) is 0. The lowest BCUT2D eigenvalue weighted by Gasteiger charge is -1.94. The quantitative estimate of drug-likeness (QED) is 0.432. The van der Waals surface area contributed by atoms with Crippen LogP contribution in [0.5, 0.6) is 0 Å². The number of allylic oxidation sites excluding steroid dienone is 2. The zero-order chi connectivity index (χ0) is 5.90. The molecular formula is C7H7NO. The van der Waals surface area contributed by atoms with Crippen LogP contribution in [0, 0.1) is 0 Å². The fraction of sp³-hybridized carbons (Fsp3) is 0.429. The van der Waals surface area contributed by atoms with E-state index < -0.39 is 0 Å². The van der Waals surface area contributed by atoms with Gasteiger partial charge in [0.25, 0.3) is 0 Å². The van der Waals surface area contributed by atoms with E-state index in [1.165, 1.54) is 5.70 Å². The van der Waals surface area contributed by atoms with Crippen molar-refractivity contribution in [3.63, 3.8) is 0 Å². The standard InChI is InChI=1S/C7H7NO/c1-2-6-7(3-1)4-9-5-8(6)7/h1-3H,4-5H2/t7-,8?/m1/s1. The molecule has 0 radical (unpaired) electrons. The summed E-state index contributed by atoms with van der Waals surface area (Å²) in [6, 6.07) is 0. The summed E-state index contributed by atoms with van der Waals surface area (Å²) < 4.78 is 5.24. The number of rotatable bonds is 0. The van der Waals surface area contributed by atoms with Gasteiger partial charge in [0, 0.05) is 5.70 Å². The smallest absolute Gasteiger partial charge is 0.124 e. The van der Waals surface area contributed by atoms with Crippen molar-refractivity contribution in [1.29, 1.82) is 0 Å². The zero-order valence-corrected chi connectivity index (χ0v) is 5.00. The lowest BCUT2D eigenvalue weighted by atomic mass is 10.2. The maximum absolute atomic E-state index is 5.24. The molecule has 1 aliphatic carbocycles. The van der Waals surface area contributed by atoms with Crippen LogP contribution in [0.4, 0.5) is 0 Å². The van der Waals surface area contributed by atoms with Crippen LogP contribution in [0.15, 0.2) is 23.9 Å². The molecule has 0 aromatic heterocycles. The zero-order valence-electron chi connectivity index (χ0n) is 5.00. The Morgan fingerprint density at radius 3 is 3.44 bits per heavy atom. The molecule has 2 aliphatic heterocycles. The summed E-state index contributed by atoms with van der Waals surface area (Å²) in [6.45, 7) is 1.67. The molecule has 2 fully saturated rings. The Morgan fingerprint density at radius 2 is 2.67 bits per heavy atom. The topological polar surface area (TPSA) is 12.2 Å². The van der Waals surface area contributed by atoms with Crippen LogP contribution in [0.25, 0.3) is 0 Å². The lowest BCUT2D eigenvalue weighted by molar-refractivity contribution is 0.154. The van der Waals surface area contributed by atoms with Crippen molar-refractivity contribution in [1.82, 2.24) is 4.90 Å². The summed E-state index contributed by atoms with van der Waals surface area (Å²) in [5.74, 6) is 0. The van der Waals surface area contributed by atoms with Crippen molar-refractivity contribution in [2.24, 2.45) is 0 Å². The predicted molar refractivity (Wildman–Crippen MR) is 32.6 cm³/mol. The first kappa shape index (κ1) is 4.12. The minimum absolute atomic E-state index is 0.264. The maximum atomic E-state index is 5.24. The Balaban J connectivity index is 2.15. The molecule has 0 saturated carbocycles. The minimum atomic E-state index is 0.264.